The van der Waals surface area contributed by atoms with E-state index in [9.17, 15) is 4.79 Å². The molecule has 2 rings (SSSR count). The van der Waals surface area contributed by atoms with Crippen LogP contribution in [-0.4, -0.2) is 18.6 Å². The van der Waals surface area contributed by atoms with Crippen molar-refractivity contribution in [2.45, 2.75) is 45.1 Å². The zero-order chi connectivity index (χ0) is 14.1. The first kappa shape index (κ1) is 14.1. The summed E-state index contributed by atoms with van der Waals surface area (Å²) in [4.78, 5) is 11.8. The van der Waals surface area contributed by atoms with Gasteiger partial charge in [-0.2, -0.15) is 0 Å². The van der Waals surface area contributed by atoms with E-state index in [1.807, 2.05) is 13.8 Å². The SMILES string of the molecule is COC(=O)CC1(C(C)(C)N)CCc2ccccc2C1. The number of ether oxygens (including phenoxy) is 1. The number of nitrogens with two attached hydrogens (primary N) is 1. The molecule has 1 aliphatic carbocycles. The number of hydrogen-bond donors (Lipinski definition) is 1. The van der Waals surface area contributed by atoms with Crippen LogP contribution >= 0.6 is 0 Å². The Hall–Kier alpha value is -1.35. The Morgan fingerprint density at radius 1 is 1.37 bits per heavy atom. The average molecular weight is 261 g/mol. The molecular weight excluding hydrogens is 238 g/mol. The third kappa shape index (κ3) is 2.66. The van der Waals surface area contributed by atoms with E-state index in [-0.39, 0.29) is 11.4 Å². The van der Waals surface area contributed by atoms with Gasteiger partial charge in [0.25, 0.3) is 0 Å². The van der Waals surface area contributed by atoms with E-state index in [2.05, 4.69) is 24.3 Å². The third-order valence-corrected chi connectivity index (χ3v) is 4.60. The van der Waals surface area contributed by atoms with Crippen LogP contribution in [0.4, 0.5) is 0 Å². The number of benzene rings is 1. The molecule has 0 amide bonds. The second kappa shape index (κ2) is 4.97. The molecule has 0 saturated heterocycles. The fourth-order valence-corrected chi connectivity index (χ4v) is 3.08. The molecule has 3 nitrogen and oxygen atoms in total. The molecule has 104 valence electrons. The zero-order valence-corrected chi connectivity index (χ0v) is 12.0. The summed E-state index contributed by atoms with van der Waals surface area (Å²) in [6.07, 6.45) is 3.15. The minimum Gasteiger partial charge on any atom is -0.469 e. The number of methoxy groups -OCH3 is 1. The number of hydrogen-bond acceptors (Lipinski definition) is 3. The Bertz CT molecular complexity index is 476. The Balaban J connectivity index is 2.35. The maximum atomic E-state index is 11.8. The van der Waals surface area contributed by atoms with Gasteiger partial charge in [-0.1, -0.05) is 24.3 Å². The van der Waals surface area contributed by atoms with Gasteiger partial charge in [-0.3, -0.25) is 4.79 Å². The van der Waals surface area contributed by atoms with E-state index in [0.29, 0.717) is 6.42 Å². The quantitative estimate of drug-likeness (QED) is 0.850. The summed E-state index contributed by atoms with van der Waals surface area (Å²) in [5.74, 6) is -0.169. The van der Waals surface area contributed by atoms with Gasteiger partial charge in [0.1, 0.15) is 0 Å². The molecule has 0 radical (unpaired) electrons. The first-order valence-corrected chi connectivity index (χ1v) is 6.80. The highest BCUT2D eigenvalue weighted by atomic mass is 16.5. The first-order valence-electron chi connectivity index (χ1n) is 6.80. The lowest BCUT2D eigenvalue weighted by Crippen LogP contribution is -2.54. The Kier molecular flexibility index (Phi) is 3.68. The second-order valence-corrected chi connectivity index (χ2v) is 6.20. The standard InChI is InChI=1S/C16H23NO2/c1-15(2,17)16(11-14(18)19-3)9-8-12-6-4-5-7-13(12)10-16/h4-7H,8-11,17H2,1-3H3. The monoisotopic (exact) mass is 261 g/mol. The molecule has 19 heavy (non-hydrogen) atoms. The molecule has 0 saturated carbocycles. The van der Waals surface area contributed by atoms with E-state index in [1.54, 1.807) is 0 Å². The molecule has 0 heterocycles. The van der Waals surface area contributed by atoms with Crippen molar-refractivity contribution in [2.75, 3.05) is 7.11 Å². The number of fused-ring (bicyclic) bond motifs is 1. The van der Waals surface area contributed by atoms with Gasteiger partial charge in [0.15, 0.2) is 0 Å². The fourth-order valence-electron chi connectivity index (χ4n) is 3.08. The van der Waals surface area contributed by atoms with Crippen molar-refractivity contribution in [3.63, 3.8) is 0 Å². The van der Waals surface area contributed by atoms with Crippen LogP contribution in [0.5, 0.6) is 0 Å². The molecule has 1 unspecified atom stereocenters. The molecule has 0 spiro atoms. The topological polar surface area (TPSA) is 52.3 Å². The van der Waals surface area contributed by atoms with E-state index < -0.39 is 5.54 Å². The van der Waals surface area contributed by atoms with Gasteiger partial charge in [-0.05, 0) is 44.2 Å². The minimum atomic E-state index is -0.408. The van der Waals surface area contributed by atoms with Crippen molar-refractivity contribution in [3.05, 3.63) is 35.4 Å². The van der Waals surface area contributed by atoms with Crippen LogP contribution in [0, 0.1) is 5.41 Å². The largest absolute Gasteiger partial charge is 0.469 e. The number of aryl methyl sites for hydroxylation is 1. The molecule has 0 aromatic heterocycles. The van der Waals surface area contributed by atoms with E-state index in [4.69, 9.17) is 10.5 Å². The number of carbonyl (C=O) groups excluding carboxylic acids is 1. The van der Waals surface area contributed by atoms with E-state index in [1.165, 1.54) is 18.2 Å². The van der Waals surface area contributed by atoms with Crippen molar-refractivity contribution in [1.82, 2.24) is 0 Å². The maximum Gasteiger partial charge on any atom is 0.306 e. The van der Waals surface area contributed by atoms with Crippen LogP contribution in [0.3, 0.4) is 0 Å². The summed E-state index contributed by atoms with van der Waals surface area (Å²) < 4.78 is 4.87. The highest BCUT2D eigenvalue weighted by Crippen LogP contribution is 2.45. The smallest absolute Gasteiger partial charge is 0.306 e. The van der Waals surface area contributed by atoms with Gasteiger partial charge >= 0.3 is 5.97 Å². The van der Waals surface area contributed by atoms with Crippen LogP contribution < -0.4 is 5.73 Å². The molecule has 1 atom stereocenters. The fraction of sp³-hybridized carbons (Fsp3) is 0.562. The van der Waals surface area contributed by atoms with Crippen LogP contribution in [0.25, 0.3) is 0 Å². The summed E-state index contributed by atoms with van der Waals surface area (Å²) in [6.45, 7) is 4.04. The van der Waals surface area contributed by atoms with Gasteiger partial charge in [0.2, 0.25) is 0 Å². The van der Waals surface area contributed by atoms with Crippen molar-refractivity contribution in [1.29, 1.82) is 0 Å². The van der Waals surface area contributed by atoms with Crippen molar-refractivity contribution >= 4 is 5.97 Å². The van der Waals surface area contributed by atoms with Gasteiger partial charge in [-0.15, -0.1) is 0 Å². The van der Waals surface area contributed by atoms with Crippen molar-refractivity contribution in [2.24, 2.45) is 11.1 Å². The molecule has 1 aromatic carbocycles. The zero-order valence-electron chi connectivity index (χ0n) is 12.0. The lowest BCUT2D eigenvalue weighted by atomic mass is 9.60. The lowest BCUT2D eigenvalue weighted by Gasteiger charge is -2.47. The highest BCUT2D eigenvalue weighted by molar-refractivity contribution is 5.70. The van der Waals surface area contributed by atoms with Gasteiger partial charge in [0.05, 0.1) is 13.5 Å². The Morgan fingerprint density at radius 3 is 2.58 bits per heavy atom. The van der Waals surface area contributed by atoms with Crippen LogP contribution in [0.2, 0.25) is 0 Å². The predicted octanol–water partition coefficient (Wildman–Crippen LogP) is 2.46. The molecule has 0 aliphatic heterocycles. The highest BCUT2D eigenvalue weighted by Gasteiger charge is 2.46. The molecular formula is C16H23NO2. The minimum absolute atomic E-state index is 0.169. The maximum absolute atomic E-state index is 11.8. The normalized spacial score (nSPS) is 22.7. The van der Waals surface area contributed by atoms with Gasteiger partial charge in [0, 0.05) is 11.0 Å². The molecule has 0 bridgehead atoms. The van der Waals surface area contributed by atoms with E-state index in [0.717, 1.165) is 19.3 Å². The molecule has 1 aromatic rings. The van der Waals surface area contributed by atoms with Crippen LogP contribution in [0.15, 0.2) is 24.3 Å². The Labute approximate surface area is 115 Å². The van der Waals surface area contributed by atoms with Gasteiger partial charge < -0.3 is 10.5 Å². The molecule has 0 fully saturated rings. The summed E-state index contributed by atoms with van der Waals surface area (Å²) >= 11 is 0. The molecule has 1 aliphatic rings. The molecule has 3 heteroatoms. The summed E-state index contributed by atoms with van der Waals surface area (Å²) in [6, 6.07) is 8.43. The summed E-state index contributed by atoms with van der Waals surface area (Å²) in [7, 11) is 1.44. The van der Waals surface area contributed by atoms with Crippen LogP contribution in [-0.2, 0) is 22.4 Å². The summed E-state index contributed by atoms with van der Waals surface area (Å²) in [5, 5.41) is 0. The van der Waals surface area contributed by atoms with Crippen LogP contribution in [0.1, 0.15) is 37.8 Å². The van der Waals surface area contributed by atoms with Crippen molar-refractivity contribution in [3.8, 4) is 0 Å². The third-order valence-electron chi connectivity index (χ3n) is 4.60. The number of carbonyl (C=O) groups is 1. The first-order chi connectivity index (χ1) is 8.88. The predicted molar refractivity (Wildman–Crippen MR) is 75.8 cm³/mol. The second-order valence-electron chi connectivity index (χ2n) is 6.20. The summed E-state index contributed by atoms with van der Waals surface area (Å²) in [5.41, 5.74) is 8.47. The Morgan fingerprint density at radius 2 is 2.00 bits per heavy atom. The molecule has 2 N–H and O–H groups in total. The average Bonchev–Trinajstić information content (AvgIpc) is 2.37. The van der Waals surface area contributed by atoms with E-state index >= 15 is 0 Å². The number of rotatable bonds is 3. The number of esters is 1. The van der Waals surface area contributed by atoms with Crippen molar-refractivity contribution < 1.29 is 9.53 Å². The van der Waals surface area contributed by atoms with Gasteiger partial charge in [-0.25, -0.2) is 0 Å². The lowest BCUT2D eigenvalue weighted by molar-refractivity contribution is -0.145.